The van der Waals surface area contributed by atoms with Crippen molar-refractivity contribution in [3.63, 3.8) is 0 Å². The molecule has 106 valence electrons. The molecule has 0 saturated heterocycles. The van der Waals surface area contributed by atoms with E-state index in [-0.39, 0.29) is 6.10 Å². The van der Waals surface area contributed by atoms with Crippen molar-refractivity contribution in [1.29, 1.82) is 0 Å². The summed E-state index contributed by atoms with van der Waals surface area (Å²) in [6.07, 6.45) is 2.29. The lowest BCUT2D eigenvalue weighted by Crippen LogP contribution is -2.45. The van der Waals surface area contributed by atoms with Crippen molar-refractivity contribution in [1.82, 2.24) is 5.32 Å². The standard InChI is InChI=1S/C14H21NO4/c1-15-9-5-10(6-9)19-11-7-12(16-2)14(18-4)13(8-11)17-3/h7-10,15H,5-6H2,1-4H3. The van der Waals surface area contributed by atoms with Gasteiger partial charge in [-0.15, -0.1) is 0 Å². The van der Waals surface area contributed by atoms with Crippen LogP contribution in [-0.4, -0.2) is 40.5 Å². The number of methoxy groups -OCH3 is 3. The van der Waals surface area contributed by atoms with E-state index in [9.17, 15) is 0 Å². The van der Waals surface area contributed by atoms with Gasteiger partial charge in [0.2, 0.25) is 5.75 Å². The van der Waals surface area contributed by atoms with E-state index in [1.165, 1.54) is 0 Å². The van der Waals surface area contributed by atoms with Crippen molar-refractivity contribution < 1.29 is 18.9 Å². The summed E-state index contributed by atoms with van der Waals surface area (Å²) in [6, 6.07) is 4.22. The molecule has 1 aliphatic carbocycles. The first kappa shape index (κ1) is 13.8. The van der Waals surface area contributed by atoms with Crippen LogP contribution in [0.2, 0.25) is 0 Å². The van der Waals surface area contributed by atoms with Crippen LogP contribution in [0.25, 0.3) is 0 Å². The zero-order valence-corrected chi connectivity index (χ0v) is 11.9. The molecule has 1 fully saturated rings. The van der Waals surface area contributed by atoms with Crippen LogP contribution in [0.3, 0.4) is 0 Å². The molecule has 0 bridgehead atoms. The number of nitrogens with one attached hydrogen (secondary N) is 1. The Morgan fingerprint density at radius 1 is 1.00 bits per heavy atom. The zero-order chi connectivity index (χ0) is 13.8. The minimum atomic E-state index is 0.250. The van der Waals surface area contributed by atoms with Gasteiger partial charge in [0.15, 0.2) is 11.5 Å². The van der Waals surface area contributed by atoms with E-state index in [4.69, 9.17) is 18.9 Å². The van der Waals surface area contributed by atoms with Gasteiger partial charge in [0, 0.05) is 18.2 Å². The number of ether oxygens (including phenoxy) is 4. The highest BCUT2D eigenvalue weighted by Crippen LogP contribution is 2.41. The SMILES string of the molecule is CNC1CC(Oc2cc(OC)c(OC)c(OC)c2)C1. The molecule has 1 N–H and O–H groups in total. The summed E-state index contributed by atoms with van der Waals surface area (Å²) in [5.74, 6) is 2.55. The van der Waals surface area contributed by atoms with E-state index < -0.39 is 0 Å². The number of hydrogen-bond acceptors (Lipinski definition) is 5. The van der Waals surface area contributed by atoms with E-state index in [0.717, 1.165) is 18.6 Å². The molecule has 1 aliphatic rings. The summed E-state index contributed by atoms with van der Waals surface area (Å²) < 4.78 is 21.8. The fourth-order valence-corrected chi connectivity index (χ4v) is 2.22. The van der Waals surface area contributed by atoms with Gasteiger partial charge in [0.05, 0.1) is 21.3 Å². The molecule has 0 atom stereocenters. The van der Waals surface area contributed by atoms with Crippen LogP contribution < -0.4 is 24.3 Å². The van der Waals surface area contributed by atoms with Gasteiger partial charge in [-0.1, -0.05) is 0 Å². The van der Waals surface area contributed by atoms with Crippen molar-refractivity contribution in [3.8, 4) is 23.0 Å². The zero-order valence-electron chi connectivity index (χ0n) is 11.9. The molecule has 2 rings (SSSR count). The quantitative estimate of drug-likeness (QED) is 0.852. The Hall–Kier alpha value is -1.62. The maximum atomic E-state index is 5.91. The van der Waals surface area contributed by atoms with Crippen LogP contribution in [0.5, 0.6) is 23.0 Å². The Balaban J connectivity index is 2.13. The number of hydrogen-bond donors (Lipinski definition) is 1. The molecule has 0 heterocycles. The molecule has 0 amide bonds. The van der Waals surface area contributed by atoms with Gasteiger partial charge in [-0.2, -0.15) is 0 Å². The van der Waals surface area contributed by atoms with Gasteiger partial charge in [-0.25, -0.2) is 0 Å². The maximum absolute atomic E-state index is 5.91. The maximum Gasteiger partial charge on any atom is 0.203 e. The minimum absolute atomic E-state index is 0.250. The Morgan fingerprint density at radius 2 is 1.58 bits per heavy atom. The van der Waals surface area contributed by atoms with Gasteiger partial charge in [0.25, 0.3) is 0 Å². The summed E-state index contributed by atoms with van der Waals surface area (Å²) in [7, 11) is 6.76. The van der Waals surface area contributed by atoms with Gasteiger partial charge in [0.1, 0.15) is 11.9 Å². The van der Waals surface area contributed by atoms with E-state index in [0.29, 0.717) is 23.3 Å². The summed E-state index contributed by atoms with van der Waals surface area (Å²) in [6.45, 7) is 0. The first-order chi connectivity index (χ1) is 9.21. The summed E-state index contributed by atoms with van der Waals surface area (Å²) in [5, 5.41) is 3.23. The van der Waals surface area contributed by atoms with E-state index in [1.54, 1.807) is 21.3 Å². The van der Waals surface area contributed by atoms with E-state index in [2.05, 4.69) is 5.32 Å². The molecule has 0 radical (unpaired) electrons. The van der Waals surface area contributed by atoms with Crippen LogP contribution in [0.1, 0.15) is 12.8 Å². The Labute approximate surface area is 113 Å². The van der Waals surface area contributed by atoms with Crippen LogP contribution >= 0.6 is 0 Å². The highest BCUT2D eigenvalue weighted by molar-refractivity contribution is 5.55. The lowest BCUT2D eigenvalue weighted by atomic mass is 9.89. The van der Waals surface area contributed by atoms with Crippen molar-refractivity contribution >= 4 is 0 Å². The van der Waals surface area contributed by atoms with Gasteiger partial charge in [-0.3, -0.25) is 0 Å². The molecular weight excluding hydrogens is 246 g/mol. The first-order valence-corrected chi connectivity index (χ1v) is 6.35. The summed E-state index contributed by atoms with van der Waals surface area (Å²) in [4.78, 5) is 0. The Morgan fingerprint density at radius 3 is 2.00 bits per heavy atom. The van der Waals surface area contributed by atoms with Gasteiger partial charge >= 0.3 is 0 Å². The van der Waals surface area contributed by atoms with Crippen molar-refractivity contribution in [2.45, 2.75) is 25.0 Å². The van der Waals surface area contributed by atoms with Crippen LogP contribution in [0, 0.1) is 0 Å². The highest BCUT2D eigenvalue weighted by Gasteiger charge is 2.30. The van der Waals surface area contributed by atoms with E-state index >= 15 is 0 Å². The lowest BCUT2D eigenvalue weighted by molar-refractivity contribution is 0.0878. The third-order valence-corrected chi connectivity index (χ3v) is 3.44. The third-order valence-electron chi connectivity index (χ3n) is 3.44. The summed E-state index contributed by atoms with van der Waals surface area (Å²) >= 11 is 0. The third kappa shape index (κ3) is 2.87. The second kappa shape index (κ2) is 6.02. The fourth-order valence-electron chi connectivity index (χ4n) is 2.22. The molecule has 19 heavy (non-hydrogen) atoms. The lowest BCUT2D eigenvalue weighted by Gasteiger charge is -2.35. The second-order valence-corrected chi connectivity index (χ2v) is 4.56. The molecule has 5 nitrogen and oxygen atoms in total. The molecule has 1 aromatic carbocycles. The molecular formula is C14H21NO4. The molecule has 1 saturated carbocycles. The van der Waals surface area contributed by atoms with Gasteiger partial charge < -0.3 is 24.3 Å². The summed E-state index contributed by atoms with van der Waals surface area (Å²) in [5.41, 5.74) is 0. The Bertz CT molecular complexity index is 404. The van der Waals surface area contributed by atoms with Crippen LogP contribution in [0.15, 0.2) is 12.1 Å². The molecule has 5 heteroatoms. The predicted molar refractivity (Wildman–Crippen MR) is 72.6 cm³/mol. The molecule has 0 unspecified atom stereocenters. The average Bonchev–Trinajstić information content (AvgIpc) is 2.40. The smallest absolute Gasteiger partial charge is 0.203 e. The largest absolute Gasteiger partial charge is 0.493 e. The normalized spacial score (nSPS) is 21.5. The molecule has 1 aromatic rings. The van der Waals surface area contributed by atoms with Crippen molar-refractivity contribution in [2.75, 3.05) is 28.4 Å². The monoisotopic (exact) mass is 267 g/mol. The average molecular weight is 267 g/mol. The second-order valence-electron chi connectivity index (χ2n) is 4.56. The predicted octanol–water partition coefficient (Wildman–Crippen LogP) is 1.84. The van der Waals surface area contributed by atoms with Crippen molar-refractivity contribution in [2.24, 2.45) is 0 Å². The van der Waals surface area contributed by atoms with Crippen LogP contribution in [0.4, 0.5) is 0 Å². The van der Waals surface area contributed by atoms with Crippen LogP contribution in [-0.2, 0) is 0 Å². The molecule has 0 aromatic heterocycles. The molecule has 0 spiro atoms. The highest BCUT2D eigenvalue weighted by atomic mass is 16.5. The molecule has 0 aliphatic heterocycles. The first-order valence-electron chi connectivity index (χ1n) is 6.35. The topological polar surface area (TPSA) is 49.0 Å². The van der Waals surface area contributed by atoms with E-state index in [1.807, 2.05) is 19.2 Å². The fraction of sp³-hybridized carbons (Fsp3) is 0.571. The van der Waals surface area contributed by atoms with Crippen molar-refractivity contribution in [3.05, 3.63) is 12.1 Å². The number of benzene rings is 1. The minimum Gasteiger partial charge on any atom is -0.493 e. The number of rotatable bonds is 6. The Kier molecular flexibility index (Phi) is 4.37. The van der Waals surface area contributed by atoms with Gasteiger partial charge in [-0.05, 0) is 19.9 Å².